The Labute approximate surface area is 162 Å². The third-order valence-electron chi connectivity index (χ3n) is 3.78. The van der Waals surface area contributed by atoms with E-state index in [9.17, 15) is 24.1 Å². The van der Waals surface area contributed by atoms with Gasteiger partial charge in [-0.15, -0.1) is 0 Å². The average molecular weight is 399 g/mol. The number of nitro groups is 1. The smallest absolute Gasteiger partial charge is 0.316 e. The zero-order chi connectivity index (χ0) is 20.8. The number of amides is 2. The number of rotatable bonds is 7. The van der Waals surface area contributed by atoms with Crippen LogP contribution < -0.4 is 10.6 Å². The lowest BCUT2D eigenvalue weighted by molar-refractivity contribution is -0.385. The molecule has 0 unspecified atom stereocenters. The molecule has 0 aliphatic rings. The molecule has 2 N–H and O–H groups in total. The van der Waals surface area contributed by atoms with Gasteiger partial charge < -0.3 is 15.2 Å². The Morgan fingerprint density at radius 1 is 1.03 bits per heavy atom. The standard InChI is InChI=1S/C18H14FN5O5/c19-13-7-3-1-5-11(13)15-22-18(29-23-15)17(26)21-10-9-20-16(25)12-6-2-4-8-14(12)24(27)28/h1-8H,9-10H2,(H,20,25)(H,21,26). The number of hydrogen-bond donors (Lipinski definition) is 2. The van der Waals surface area contributed by atoms with Crippen molar-refractivity contribution in [3.05, 3.63) is 75.9 Å². The van der Waals surface area contributed by atoms with Crippen LogP contribution in [0.5, 0.6) is 0 Å². The van der Waals surface area contributed by atoms with Crippen LogP contribution >= 0.6 is 0 Å². The molecule has 1 heterocycles. The summed E-state index contributed by atoms with van der Waals surface area (Å²) in [6.45, 7) is 0.00749. The van der Waals surface area contributed by atoms with Crippen LogP contribution in [0, 0.1) is 15.9 Å². The van der Waals surface area contributed by atoms with Gasteiger partial charge in [-0.05, 0) is 18.2 Å². The summed E-state index contributed by atoms with van der Waals surface area (Å²) in [5.41, 5.74) is -0.317. The number of nitro benzene ring substituents is 1. The van der Waals surface area contributed by atoms with Gasteiger partial charge in [0, 0.05) is 19.2 Å². The fourth-order valence-electron chi connectivity index (χ4n) is 2.42. The monoisotopic (exact) mass is 399 g/mol. The van der Waals surface area contributed by atoms with Crippen molar-refractivity contribution < 1.29 is 23.4 Å². The van der Waals surface area contributed by atoms with Crippen LogP contribution in [0.1, 0.15) is 21.0 Å². The van der Waals surface area contributed by atoms with E-state index in [0.717, 1.165) is 0 Å². The first-order valence-electron chi connectivity index (χ1n) is 8.36. The van der Waals surface area contributed by atoms with Crippen LogP contribution in [0.15, 0.2) is 53.1 Å². The van der Waals surface area contributed by atoms with Gasteiger partial charge in [-0.25, -0.2) is 4.39 Å². The predicted molar refractivity (Wildman–Crippen MR) is 97.5 cm³/mol. The minimum absolute atomic E-state index is 0.00260. The molecule has 3 aromatic rings. The van der Waals surface area contributed by atoms with Crippen molar-refractivity contribution in [3.63, 3.8) is 0 Å². The summed E-state index contributed by atoms with van der Waals surface area (Å²) in [5.74, 6) is -2.35. The minimum atomic E-state index is -0.708. The molecule has 10 nitrogen and oxygen atoms in total. The Bertz CT molecular complexity index is 1070. The normalized spacial score (nSPS) is 10.4. The summed E-state index contributed by atoms with van der Waals surface area (Å²) in [6, 6.07) is 11.3. The second-order valence-corrected chi connectivity index (χ2v) is 5.69. The zero-order valence-electron chi connectivity index (χ0n) is 14.8. The number of nitrogens with zero attached hydrogens (tertiary/aromatic N) is 3. The lowest BCUT2D eigenvalue weighted by Crippen LogP contribution is -2.35. The predicted octanol–water partition coefficient (Wildman–Crippen LogP) is 1.94. The molecule has 0 saturated carbocycles. The third-order valence-corrected chi connectivity index (χ3v) is 3.78. The van der Waals surface area contributed by atoms with E-state index in [-0.39, 0.29) is 41.6 Å². The average Bonchev–Trinajstić information content (AvgIpc) is 3.21. The number of carbonyl (C=O) groups is 2. The topological polar surface area (TPSA) is 140 Å². The van der Waals surface area contributed by atoms with Gasteiger partial charge in [0.05, 0.1) is 10.5 Å². The lowest BCUT2D eigenvalue weighted by atomic mass is 10.1. The van der Waals surface area contributed by atoms with Gasteiger partial charge in [-0.1, -0.05) is 29.4 Å². The van der Waals surface area contributed by atoms with Crippen LogP contribution in [-0.2, 0) is 0 Å². The summed E-state index contributed by atoms with van der Waals surface area (Å²) < 4.78 is 18.5. The van der Waals surface area contributed by atoms with Gasteiger partial charge >= 0.3 is 11.8 Å². The summed E-state index contributed by atoms with van der Waals surface area (Å²) in [7, 11) is 0. The Kier molecular flexibility index (Phi) is 5.88. The van der Waals surface area contributed by atoms with E-state index in [0.29, 0.717) is 0 Å². The van der Waals surface area contributed by atoms with Gasteiger partial charge in [0.25, 0.3) is 11.6 Å². The van der Waals surface area contributed by atoms with Crippen LogP contribution in [-0.4, -0.2) is 40.0 Å². The maximum atomic E-state index is 13.7. The van der Waals surface area contributed by atoms with Crippen LogP contribution in [0.4, 0.5) is 10.1 Å². The van der Waals surface area contributed by atoms with E-state index in [2.05, 4.69) is 20.8 Å². The second kappa shape index (κ2) is 8.69. The van der Waals surface area contributed by atoms with Crippen molar-refractivity contribution in [1.82, 2.24) is 20.8 Å². The first-order chi connectivity index (χ1) is 14.0. The maximum absolute atomic E-state index is 13.7. The summed E-state index contributed by atoms with van der Waals surface area (Å²) in [4.78, 5) is 38.2. The molecule has 29 heavy (non-hydrogen) atoms. The minimum Gasteiger partial charge on any atom is -0.350 e. The lowest BCUT2D eigenvalue weighted by Gasteiger charge is -2.06. The quantitative estimate of drug-likeness (QED) is 0.351. The Morgan fingerprint density at radius 2 is 1.69 bits per heavy atom. The number of aromatic nitrogens is 2. The van der Waals surface area contributed by atoms with Gasteiger partial charge in [0.1, 0.15) is 11.4 Å². The highest BCUT2D eigenvalue weighted by atomic mass is 19.1. The van der Waals surface area contributed by atoms with Crippen molar-refractivity contribution in [1.29, 1.82) is 0 Å². The van der Waals surface area contributed by atoms with Crippen LogP contribution in [0.2, 0.25) is 0 Å². The molecule has 3 rings (SSSR count). The molecule has 0 aliphatic heterocycles. The van der Waals surface area contributed by atoms with E-state index < -0.39 is 22.6 Å². The highest BCUT2D eigenvalue weighted by molar-refractivity contribution is 5.98. The van der Waals surface area contributed by atoms with Crippen molar-refractivity contribution in [2.75, 3.05) is 13.1 Å². The fourth-order valence-corrected chi connectivity index (χ4v) is 2.42. The Morgan fingerprint density at radius 3 is 2.41 bits per heavy atom. The summed E-state index contributed by atoms with van der Waals surface area (Å²) in [6.07, 6.45) is 0. The molecule has 148 valence electrons. The number of nitrogens with one attached hydrogen (secondary N) is 2. The molecular formula is C18H14FN5O5. The SMILES string of the molecule is O=C(NCCNC(=O)c1ccccc1[N+](=O)[O-])c1nc(-c2ccccc2F)no1. The van der Waals surface area contributed by atoms with Crippen LogP contribution in [0.3, 0.4) is 0 Å². The van der Waals surface area contributed by atoms with Gasteiger partial charge in [-0.3, -0.25) is 19.7 Å². The number of hydrogen-bond acceptors (Lipinski definition) is 7. The Balaban J connectivity index is 1.53. The van der Waals surface area contributed by atoms with Gasteiger partial charge in [0.15, 0.2) is 0 Å². The van der Waals surface area contributed by atoms with Crippen molar-refractivity contribution in [3.8, 4) is 11.4 Å². The molecule has 2 amide bonds. The zero-order valence-corrected chi connectivity index (χ0v) is 14.8. The molecule has 0 atom stereocenters. The van der Waals surface area contributed by atoms with E-state index in [4.69, 9.17) is 4.52 Å². The number of benzene rings is 2. The molecule has 0 aliphatic carbocycles. The molecule has 0 radical (unpaired) electrons. The molecule has 2 aromatic carbocycles. The van der Waals surface area contributed by atoms with Crippen molar-refractivity contribution >= 4 is 17.5 Å². The summed E-state index contributed by atoms with van der Waals surface area (Å²) in [5, 5.41) is 19.4. The molecule has 0 spiro atoms. The van der Waals surface area contributed by atoms with Crippen molar-refractivity contribution in [2.45, 2.75) is 0 Å². The molecule has 1 aromatic heterocycles. The number of halogens is 1. The van der Waals surface area contributed by atoms with E-state index in [1.54, 1.807) is 6.07 Å². The maximum Gasteiger partial charge on any atom is 0.316 e. The van der Waals surface area contributed by atoms with Gasteiger partial charge in [-0.2, -0.15) is 4.98 Å². The van der Waals surface area contributed by atoms with E-state index in [1.807, 2.05) is 0 Å². The molecule has 11 heteroatoms. The largest absolute Gasteiger partial charge is 0.350 e. The van der Waals surface area contributed by atoms with Crippen LogP contribution in [0.25, 0.3) is 11.4 Å². The van der Waals surface area contributed by atoms with E-state index in [1.165, 1.54) is 42.5 Å². The third kappa shape index (κ3) is 4.58. The van der Waals surface area contributed by atoms with Gasteiger partial charge in [0.2, 0.25) is 5.82 Å². The number of carbonyl (C=O) groups excluding carboxylic acids is 2. The molecule has 0 saturated heterocycles. The van der Waals surface area contributed by atoms with Crippen molar-refractivity contribution in [2.24, 2.45) is 0 Å². The Hall–Kier alpha value is -4.15. The molecule has 0 fully saturated rings. The number of para-hydroxylation sites is 1. The molecule has 0 bridgehead atoms. The highest BCUT2D eigenvalue weighted by Gasteiger charge is 2.20. The van der Waals surface area contributed by atoms with E-state index >= 15 is 0 Å². The first-order valence-corrected chi connectivity index (χ1v) is 8.36. The first kappa shape index (κ1) is 19.6. The highest BCUT2D eigenvalue weighted by Crippen LogP contribution is 2.19. The molecular weight excluding hydrogens is 385 g/mol. The fraction of sp³-hybridized carbons (Fsp3) is 0.111. The second-order valence-electron chi connectivity index (χ2n) is 5.69. The summed E-state index contributed by atoms with van der Waals surface area (Å²) >= 11 is 0.